The van der Waals surface area contributed by atoms with Gasteiger partial charge in [-0.3, -0.25) is 0 Å². The van der Waals surface area contributed by atoms with E-state index >= 15 is 0 Å². The summed E-state index contributed by atoms with van der Waals surface area (Å²) in [6.07, 6.45) is 2.97. The molecule has 1 saturated carbocycles. The summed E-state index contributed by atoms with van der Waals surface area (Å²) in [5.41, 5.74) is 0. The Bertz CT molecular complexity index is 93.3. The summed E-state index contributed by atoms with van der Waals surface area (Å²) in [7, 11) is 0. The third-order valence-corrected chi connectivity index (χ3v) is 2.00. The molecule has 1 aliphatic rings. The molecule has 0 N–H and O–H groups in total. The highest BCUT2D eigenvalue weighted by Crippen LogP contribution is 2.23. The molecule has 60 valence electrons. The Morgan fingerprint density at radius 2 is 2.10 bits per heavy atom. The van der Waals surface area contributed by atoms with E-state index in [2.05, 4.69) is 0 Å². The summed E-state index contributed by atoms with van der Waals surface area (Å²) in [6, 6.07) is 0. The number of ether oxygens (including phenoxy) is 1. The lowest BCUT2D eigenvalue weighted by Gasteiger charge is -2.25. The minimum atomic E-state index is -0.700. The van der Waals surface area contributed by atoms with Crippen LogP contribution in [0.25, 0.3) is 0 Å². The van der Waals surface area contributed by atoms with Crippen molar-refractivity contribution in [2.75, 3.05) is 6.61 Å². The third-order valence-electron chi connectivity index (χ3n) is 2.00. The van der Waals surface area contributed by atoms with Crippen LogP contribution in [0.15, 0.2) is 0 Å². The molecule has 10 heavy (non-hydrogen) atoms. The fourth-order valence-electron chi connectivity index (χ4n) is 1.45. The average Bonchev–Trinajstić information content (AvgIpc) is 1.94. The van der Waals surface area contributed by atoms with Crippen molar-refractivity contribution in [2.45, 2.75) is 44.9 Å². The standard InChI is InChI=1S/C8H15FO/c1-2-10-8-6-4-3-5-7(8)9/h7-8H,2-6H2,1H3. The van der Waals surface area contributed by atoms with E-state index in [1.54, 1.807) is 0 Å². The van der Waals surface area contributed by atoms with Crippen molar-refractivity contribution in [3.63, 3.8) is 0 Å². The summed E-state index contributed by atoms with van der Waals surface area (Å²) < 4.78 is 18.1. The molecule has 0 radical (unpaired) electrons. The first-order valence-corrected chi connectivity index (χ1v) is 4.10. The van der Waals surface area contributed by atoms with E-state index in [9.17, 15) is 4.39 Å². The van der Waals surface area contributed by atoms with Crippen LogP contribution in [-0.4, -0.2) is 18.9 Å². The minimum absolute atomic E-state index is 0.0984. The van der Waals surface area contributed by atoms with Crippen molar-refractivity contribution < 1.29 is 9.13 Å². The van der Waals surface area contributed by atoms with Crippen LogP contribution in [0.5, 0.6) is 0 Å². The smallest absolute Gasteiger partial charge is 0.126 e. The topological polar surface area (TPSA) is 9.23 Å². The first kappa shape index (κ1) is 7.99. The highest BCUT2D eigenvalue weighted by molar-refractivity contribution is 4.74. The van der Waals surface area contributed by atoms with Crippen LogP contribution in [0.1, 0.15) is 32.6 Å². The number of rotatable bonds is 2. The van der Waals surface area contributed by atoms with Crippen LogP contribution in [0.4, 0.5) is 4.39 Å². The van der Waals surface area contributed by atoms with Crippen LogP contribution in [-0.2, 0) is 4.74 Å². The van der Waals surface area contributed by atoms with Crippen molar-refractivity contribution in [1.29, 1.82) is 0 Å². The monoisotopic (exact) mass is 146 g/mol. The molecule has 0 aromatic rings. The zero-order valence-electron chi connectivity index (χ0n) is 6.48. The summed E-state index contributed by atoms with van der Waals surface area (Å²) in [4.78, 5) is 0. The molecule has 0 heterocycles. The summed E-state index contributed by atoms with van der Waals surface area (Å²) in [6.45, 7) is 2.56. The Balaban J connectivity index is 2.25. The predicted molar refractivity (Wildman–Crippen MR) is 38.8 cm³/mol. The summed E-state index contributed by atoms with van der Waals surface area (Å²) in [5.74, 6) is 0. The van der Waals surface area contributed by atoms with E-state index in [0.717, 1.165) is 19.3 Å². The molecule has 1 aliphatic carbocycles. The first-order valence-electron chi connectivity index (χ1n) is 4.10. The molecule has 0 aliphatic heterocycles. The predicted octanol–water partition coefficient (Wildman–Crippen LogP) is 2.30. The Kier molecular flexibility index (Phi) is 3.13. The minimum Gasteiger partial charge on any atom is -0.375 e. The number of alkyl halides is 1. The Hall–Kier alpha value is -0.110. The van der Waals surface area contributed by atoms with Gasteiger partial charge in [0, 0.05) is 6.61 Å². The van der Waals surface area contributed by atoms with Gasteiger partial charge in [0.2, 0.25) is 0 Å². The molecular weight excluding hydrogens is 131 g/mol. The van der Waals surface area contributed by atoms with Crippen molar-refractivity contribution in [1.82, 2.24) is 0 Å². The highest BCUT2D eigenvalue weighted by Gasteiger charge is 2.24. The van der Waals surface area contributed by atoms with E-state index in [1.807, 2.05) is 6.92 Å². The van der Waals surface area contributed by atoms with Crippen molar-refractivity contribution in [3.05, 3.63) is 0 Å². The molecule has 0 bridgehead atoms. The average molecular weight is 146 g/mol. The SMILES string of the molecule is CCOC1CCCCC1F. The zero-order chi connectivity index (χ0) is 7.40. The first-order chi connectivity index (χ1) is 4.84. The van der Waals surface area contributed by atoms with Gasteiger partial charge in [0.05, 0.1) is 6.10 Å². The molecule has 0 spiro atoms. The molecule has 2 atom stereocenters. The molecule has 1 nitrogen and oxygen atoms in total. The van der Waals surface area contributed by atoms with Gasteiger partial charge >= 0.3 is 0 Å². The molecule has 1 rings (SSSR count). The molecule has 1 fully saturated rings. The van der Waals surface area contributed by atoms with Gasteiger partial charge in [0.1, 0.15) is 6.17 Å². The molecule has 0 aromatic carbocycles. The molecule has 0 amide bonds. The zero-order valence-corrected chi connectivity index (χ0v) is 6.48. The quantitative estimate of drug-likeness (QED) is 0.581. The van der Waals surface area contributed by atoms with Gasteiger partial charge in [-0.1, -0.05) is 12.8 Å². The molecule has 0 aromatic heterocycles. The third kappa shape index (κ3) is 1.94. The number of hydrogen-bond donors (Lipinski definition) is 0. The molecule has 2 unspecified atom stereocenters. The van der Waals surface area contributed by atoms with Crippen molar-refractivity contribution >= 4 is 0 Å². The van der Waals surface area contributed by atoms with E-state index < -0.39 is 6.17 Å². The number of hydrogen-bond acceptors (Lipinski definition) is 1. The van der Waals surface area contributed by atoms with E-state index in [-0.39, 0.29) is 6.10 Å². The van der Waals surface area contributed by atoms with Gasteiger partial charge in [0.15, 0.2) is 0 Å². The van der Waals surface area contributed by atoms with Gasteiger partial charge in [-0.25, -0.2) is 4.39 Å². The van der Waals surface area contributed by atoms with E-state index in [0.29, 0.717) is 13.0 Å². The summed E-state index contributed by atoms with van der Waals surface area (Å²) in [5, 5.41) is 0. The second-order valence-electron chi connectivity index (χ2n) is 2.79. The maximum Gasteiger partial charge on any atom is 0.126 e. The maximum absolute atomic E-state index is 12.9. The van der Waals surface area contributed by atoms with Crippen molar-refractivity contribution in [3.8, 4) is 0 Å². The largest absolute Gasteiger partial charge is 0.375 e. The maximum atomic E-state index is 12.9. The van der Waals surface area contributed by atoms with Crippen LogP contribution < -0.4 is 0 Å². The highest BCUT2D eigenvalue weighted by atomic mass is 19.1. The van der Waals surface area contributed by atoms with E-state index in [1.165, 1.54) is 0 Å². The Morgan fingerprint density at radius 1 is 1.40 bits per heavy atom. The Labute approximate surface area is 61.6 Å². The lowest BCUT2D eigenvalue weighted by molar-refractivity contribution is -0.0184. The summed E-state index contributed by atoms with van der Waals surface area (Å²) >= 11 is 0. The Morgan fingerprint density at radius 3 is 2.70 bits per heavy atom. The van der Waals surface area contributed by atoms with Crippen LogP contribution >= 0.6 is 0 Å². The van der Waals surface area contributed by atoms with Crippen LogP contribution in [0.3, 0.4) is 0 Å². The van der Waals surface area contributed by atoms with Gasteiger partial charge in [-0.2, -0.15) is 0 Å². The molecule has 2 heteroatoms. The molecule has 0 saturated heterocycles. The lowest BCUT2D eigenvalue weighted by Crippen LogP contribution is -2.28. The second kappa shape index (κ2) is 3.91. The fraction of sp³-hybridized carbons (Fsp3) is 1.00. The van der Waals surface area contributed by atoms with Crippen molar-refractivity contribution in [2.24, 2.45) is 0 Å². The molecular formula is C8H15FO. The van der Waals surface area contributed by atoms with E-state index in [4.69, 9.17) is 4.74 Å². The van der Waals surface area contributed by atoms with Gasteiger partial charge in [0.25, 0.3) is 0 Å². The van der Waals surface area contributed by atoms with Gasteiger partial charge in [-0.15, -0.1) is 0 Å². The van der Waals surface area contributed by atoms with Gasteiger partial charge < -0.3 is 4.74 Å². The normalized spacial score (nSPS) is 34.2. The lowest BCUT2D eigenvalue weighted by atomic mass is 9.96. The van der Waals surface area contributed by atoms with Gasteiger partial charge in [-0.05, 0) is 19.8 Å². The van der Waals surface area contributed by atoms with Crippen LogP contribution in [0.2, 0.25) is 0 Å². The van der Waals surface area contributed by atoms with Crippen LogP contribution in [0, 0.1) is 0 Å². The number of halogens is 1. The fourth-order valence-corrected chi connectivity index (χ4v) is 1.45. The second-order valence-corrected chi connectivity index (χ2v) is 2.79.